The van der Waals surface area contributed by atoms with Gasteiger partial charge in [0, 0.05) is 11.6 Å². The van der Waals surface area contributed by atoms with Gasteiger partial charge in [0.1, 0.15) is 18.0 Å². The molecule has 1 atom stereocenters. The van der Waals surface area contributed by atoms with Crippen LogP contribution in [-0.4, -0.2) is 27.5 Å². The number of nitrogens with zero attached hydrogens (tertiary/aromatic N) is 2. The van der Waals surface area contributed by atoms with Gasteiger partial charge in [-0.1, -0.05) is 20.8 Å². The van der Waals surface area contributed by atoms with Crippen LogP contribution in [0.4, 0.5) is 11.6 Å². The smallest absolute Gasteiger partial charge is 0.148 e. The van der Waals surface area contributed by atoms with Gasteiger partial charge in [-0.15, -0.1) is 0 Å². The molecule has 0 aromatic carbocycles. The SMILES string of the molecule is CCSCCC(C)Nc1ncnc(NN)c1C(C)C. The first-order valence-electron chi connectivity index (χ1n) is 6.75. The molecule has 1 aromatic heterocycles. The van der Waals surface area contributed by atoms with Crippen LogP contribution in [0, 0.1) is 0 Å². The Morgan fingerprint density at radius 1 is 1.26 bits per heavy atom. The molecule has 19 heavy (non-hydrogen) atoms. The Labute approximate surface area is 120 Å². The van der Waals surface area contributed by atoms with E-state index >= 15 is 0 Å². The number of nitrogens with two attached hydrogens (primary N) is 1. The molecule has 1 unspecified atom stereocenters. The minimum absolute atomic E-state index is 0.312. The van der Waals surface area contributed by atoms with E-state index in [1.54, 1.807) is 0 Å². The Kier molecular flexibility index (Phi) is 6.94. The van der Waals surface area contributed by atoms with Crippen molar-refractivity contribution in [2.75, 3.05) is 22.2 Å². The van der Waals surface area contributed by atoms with Gasteiger partial charge in [-0.3, -0.25) is 0 Å². The zero-order valence-corrected chi connectivity index (χ0v) is 13.0. The van der Waals surface area contributed by atoms with Crippen molar-refractivity contribution in [3.8, 4) is 0 Å². The molecule has 108 valence electrons. The molecule has 0 aliphatic carbocycles. The number of hydrazine groups is 1. The van der Waals surface area contributed by atoms with Crippen LogP contribution in [0.15, 0.2) is 6.33 Å². The summed E-state index contributed by atoms with van der Waals surface area (Å²) in [6, 6.07) is 0.386. The van der Waals surface area contributed by atoms with Crippen LogP contribution in [0.3, 0.4) is 0 Å². The number of thioether (sulfide) groups is 1. The van der Waals surface area contributed by atoms with Crippen molar-refractivity contribution in [2.24, 2.45) is 5.84 Å². The number of hydrogen-bond donors (Lipinski definition) is 3. The van der Waals surface area contributed by atoms with Crippen molar-refractivity contribution in [1.29, 1.82) is 0 Å². The molecule has 0 radical (unpaired) electrons. The predicted molar refractivity (Wildman–Crippen MR) is 84.6 cm³/mol. The van der Waals surface area contributed by atoms with Crippen LogP contribution >= 0.6 is 11.8 Å². The maximum absolute atomic E-state index is 5.51. The van der Waals surface area contributed by atoms with E-state index in [1.807, 2.05) is 11.8 Å². The fourth-order valence-corrected chi connectivity index (χ4v) is 2.69. The number of nitrogen functional groups attached to an aromatic ring is 1. The standard InChI is InChI=1S/C13H25N5S/c1-5-19-7-6-10(4)17-12-11(9(2)3)13(18-14)16-8-15-12/h8-10H,5-7,14H2,1-4H3,(H2,15,16,17,18). The molecule has 1 rings (SSSR count). The quantitative estimate of drug-likeness (QED) is 0.387. The maximum atomic E-state index is 5.51. The summed E-state index contributed by atoms with van der Waals surface area (Å²) in [6.07, 6.45) is 2.66. The van der Waals surface area contributed by atoms with Gasteiger partial charge in [-0.05, 0) is 30.8 Å². The van der Waals surface area contributed by atoms with E-state index in [0.717, 1.165) is 23.6 Å². The summed E-state index contributed by atoms with van der Waals surface area (Å²) < 4.78 is 0. The van der Waals surface area contributed by atoms with Crippen molar-refractivity contribution in [1.82, 2.24) is 9.97 Å². The highest BCUT2D eigenvalue weighted by atomic mass is 32.2. The molecule has 0 aliphatic rings. The van der Waals surface area contributed by atoms with Gasteiger partial charge >= 0.3 is 0 Å². The van der Waals surface area contributed by atoms with Gasteiger partial charge in [-0.2, -0.15) is 11.8 Å². The number of hydrogen-bond acceptors (Lipinski definition) is 6. The third-order valence-corrected chi connectivity index (χ3v) is 3.81. The topological polar surface area (TPSA) is 75.9 Å². The van der Waals surface area contributed by atoms with E-state index in [-0.39, 0.29) is 0 Å². The minimum atomic E-state index is 0.312. The molecule has 0 bridgehead atoms. The van der Waals surface area contributed by atoms with E-state index in [4.69, 9.17) is 5.84 Å². The molecular formula is C13H25N5S. The number of anilines is 2. The number of rotatable bonds is 8. The molecule has 1 heterocycles. The average molecular weight is 283 g/mol. The van der Waals surface area contributed by atoms with E-state index in [2.05, 4.69) is 48.4 Å². The highest BCUT2D eigenvalue weighted by molar-refractivity contribution is 7.99. The average Bonchev–Trinajstić information content (AvgIpc) is 2.38. The molecule has 0 amide bonds. The zero-order chi connectivity index (χ0) is 14.3. The Morgan fingerprint density at radius 3 is 2.53 bits per heavy atom. The number of nitrogens with one attached hydrogen (secondary N) is 2. The predicted octanol–water partition coefficient (Wildman–Crippen LogP) is 2.83. The fourth-order valence-electron chi connectivity index (χ4n) is 1.88. The normalized spacial score (nSPS) is 12.5. The second-order valence-electron chi connectivity index (χ2n) is 4.81. The summed E-state index contributed by atoms with van der Waals surface area (Å²) in [5.41, 5.74) is 3.69. The summed E-state index contributed by atoms with van der Waals surface area (Å²) in [5.74, 6) is 9.73. The molecule has 0 fully saturated rings. The van der Waals surface area contributed by atoms with Gasteiger partial charge in [0.05, 0.1) is 0 Å². The van der Waals surface area contributed by atoms with Crippen molar-refractivity contribution in [3.63, 3.8) is 0 Å². The molecule has 1 aromatic rings. The lowest BCUT2D eigenvalue weighted by Gasteiger charge is -2.20. The van der Waals surface area contributed by atoms with Crippen molar-refractivity contribution in [2.45, 2.75) is 46.1 Å². The second kappa shape index (κ2) is 8.22. The third kappa shape index (κ3) is 4.87. The van der Waals surface area contributed by atoms with Crippen LogP contribution in [0.1, 0.15) is 45.6 Å². The maximum Gasteiger partial charge on any atom is 0.148 e. The van der Waals surface area contributed by atoms with Gasteiger partial charge < -0.3 is 10.7 Å². The van der Waals surface area contributed by atoms with Crippen LogP contribution in [0.2, 0.25) is 0 Å². The Balaban J connectivity index is 2.76. The zero-order valence-electron chi connectivity index (χ0n) is 12.2. The Bertz CT molecular complexity index is 383. The van der Waals surface area contributed by atoms with E-state index < -0.39 is 0 Å². The number of aromatic nitrogens is 2. The van der Waals surface area contributed by atoms with Gasteiger partial charge in [0.2, 0.25) is 0 Å². The van der Waals surface area contributed by atoms with Gasteiger partial charge in [0.25, 0.3) is 0 Å². The monoisotopic (exact) mass is 283 g/mol. The highest BCUT2D eigenvalue weighted by Gasteiger charge is 2.15. The largest absolute Gasteiger partial charge is 0.367 e. The summed E-state index contributed by atoms with van der Waals surface area (Å²) in [7, 11) is 0. The lowest BCUT2D eigenvalue weighted by molar-refractivity contribution is 0.755. The first-order valence-corrected chi connectivity index (χ1v) is 7.91. The first kappa shape index (κ1) is 16.0. The molecule has 6 heteroatoms. The molecule has 5 nitrogen and oxygen atoms in total. The molecule has 0 spiro atoms. The fraction of sp³-hybridized carbons (Fsp3) is 0.692. The summed E-state index contributed by atoms with van der Waals surface area (Å²) in [6.45, 7) is 8.59. The second-order valence-corrected chi connectivity index (χ2v) is 6.21. The molecular weight excluding hydrogens is 258 g/mol. The Hall–Kier alpha value is -1.01. The van der Waals surface area contributed by atoms with Gasteiger partial charge in [0.15, 0.2) is 0 Å². The molecule has 0 saturated heterocycles. The van der Waals surface area contributed by atoms with Crippen LogP contribution in [-0.2, 0) is 0 Å². The lowest BCUT2D eigenvalue weighted by atomic mass is 10.0. The molecule has 4 N–H and O–H groups in total. The van der Waals surface area contributed by atoms with Crippen LogP contribution in [0.25, 0.3) is 0 Å². The molecule has 0 aliphatic heterocycles. The van der Waals surface area contributed by atoms with Crippen LogP contribution < -0.4 is 16.6 Å². The first-order chi connectivity index (χ1) is 9.10. The van der Waals surface area contributed by atoms with Crippen molar-refractivity contribution in [3.05, 3.63) is 11.9 Å². The van der Waals surface area contributed by atoms with E-state index in [0.29, 0.717) is 17.8 Å². The highest BCUT2D eigenvalue weighted by Crippen LogP contribution is 2.28. The van der Waals surface area contributed by atoms with Crippen molar-refractivity contribution >= 4 is 23.4 Å². The minimum Gasteiger partial charge on any atom is -0.367 e. The van der Waals surface area contributed by atoms with Crippen molar-refractivity contribution < 1.29 is 0 Å². The summed E-state index contributed by atoms with van der Waals surface area (Å²) in [4.78, 5) is 8.52. The van der Waals surface area contributed by atoms with Crippen LogP contribution in [0.5, 0.6) is 0 Å². The van der Waals surface area contributed by atoms with E-state index in [1.165, 1.54) is 12.1 Å². The van der Waals surface area contributed by atoms with E-state index in [9.17, 15) is 0 Å². The summed E-state index contributed by atoms with van der Waals surface area (Å²) >= 11 is 1.96. The summed E-state index contributed by atoms with van der Waals surface area (Å²) in [5, 5.41) is 3.47. The molecule has 0 saturated carbocycles. The Morgan fingerprint density at radius 2 is 1.95 bits per heavy atom. The van der Waals surface area contributed by atoms with Gasteiger partial charge in [-0.25, -0.2) is 15.8 Å². The lowest BCUT2D eigenvalue weighted by Crippen LogP contribution is -2.20. The third-order valence-electron chi connectivity index (χ3n) is 2.88.